The fourth-order valence-corrected chi connectivity index (χ4v) is 2.19. The van der Waals surface area contributed by atoms with E-state index in [1.807, 2.05) is 39.8 Å². The summed E-state index contributed by atoms with van der Waals surface area (Å²) < 4.78 is 21.4. The van der Waals surface area contributed by atoms with Crippen LogP contribution < -0.4 is 19.5 Å². The standard InChI is InChI=1S/C17H25N3O4/c1-10(15-19-16(20-24-15)17(2,3)4)18-11-8-12(21-5)14(23-7)13(9-11)22-6/h8-10,18H,1-7H3. The van der Waals surface area contributed by atoms with Crippen LogP contribution in [0.4, 0.5) is 5.69 Å². The number of hydrogen-bond donors (Lipinski definition) is 1. The van der Waals surface area contributed by atoms with Crippen molar-refractivity contribution in [1.82, 2.24) is 10.1 Å². The van der Waals surface area contributed by atoms with Crippen molar-refractivity contribution in [3.05, 3.63) is 23.8 Å². The van der Waals surface area contributed by atoms with E-state index in [0.717, 1.165) is 5.69 Å². The number of methoxy groups -OCH3 is 3. The lowest BCUT2D eigenvalue weighted by atomic mass is 9.96. The summed E-state index contributed by atoms with van der Waals surface area (Å²) >= 11 is 0. The molecule has 0 amide bonds. The van der Waals surface area contributed by atoms with Gasteiger partial charge in [-0.15, -0.1) is 0 Å². The van der Waals surface area contributed by atoms with Crippen LogP contribution in [0.1, 0.15) is 45.5 Å². The molecule has 24 heavy (non-hydrogen) atoms. The molecule has 0 aliphatic rings. The maximum atomic E-state index is 5.37. The summed E-state index contributed by atoms with van der Waals surface area (Å²) in [4.78, 5) is 4.47. The van der Waals surface area contributed by atoms with E-state index >= 15 is 0 Å². The van der Waals surface area contributed by atoms with Gasteiger partial charge in [-0.1, -0.05) is 25.9 Å². The largest absolute Gasteiger partial charge is 0.493 e. The average Bonchev–Trinajstić information content (AvgIpc) is 3.04. The monoisotopic (exact) mass is 335 g/mol. The lowest BCUT2D eigenvalue weighted by Gasteiger charge is -2.17. The van der Waals surface area contributed by atoms with Crippen molar-refractivity contribution in [1.29, 1.82) is 0 Å². The molecule has 1 aromatic carbocycles. The maximum Gasteiger partial charge on any atom is 0.248 e. The van der Waals surface area contributed by atoms with Crippen LogP contribution in [0, 0.1) is 0 Å². The summed E-state index contributed by atoms with van der Waals surface area (Å²) in [5, 5.41) is 7.36. The molecular weight excluding hydrogens is 310 g/mol. The van der Waals surface area contributed by atoms with Crippen LogP contribution in [0.2, 0.25) is 0 Å². The van der Waals surface area contributed by atoms with E-state index < -0.39 is 0 Å². The molecule has 2 aromatic rings. The highest BCUT2D eigenvalue weighted by atomic mass is 16.5. The number of anilines is 1. The molecule has 2 rings (SSSR count). The van der Waals surface area contributed by atoms with Crippen molar-refractivity contribution in [2.24, 2.45) is 0 Å². The molecule has 0 radical (unpaired) electrons. The minimum Gasteiger partial charge on any atom is -0.493 e. The minimum absolute atomic E-state index is 0.159. The second-order valence-corrected chi connectivity index (χ2v) is 6.49. The number of ether oxygens (including phenoxy) is 3. The van der Waals surface area contributed by atoms with E-state index in [1.165, 1.54) is 0 Å². The molecule has 1 aromatic heterocycles. The summed E-state index contributed by atoms with van der Waals surface area (Å²) in [6, 6.07) is 3.49. The highest BCUT2D eigenvalue weighted by Gasteiger charge is 2.23. The first-order valence-electron chi connectivity index (χ1n) is 7.70. The zero-order valence-electron chi connectivity index (χ0n) is 15.3. The summed E-state index contributed by atoms with van der Waals surface area (Å²) in [5.74, 6) is 2.90. The van der Waals surface area contributed by atoms with Gasteiger partial charge < -0.3 is 24.1 Å². The predicted octanol–water partition coefficient (Wildman–Crippen LogP) is 3.57. The third-order valence-corrected chi connectivity index (χ3v) is 3.53. The van der Waals surface area contributed by atoms with E-state index in [4.69, 9.17) is 18.7 Å². The van der Waals surface area contributed by atoms with E-state index in [1.54, 1.807) is 21.3 Å². The number of hydrogen-bond acceptors (Lipinski definition) is 7. The van der Waals surface area contributed by atoms with Crippen LogP contribution in [-0.4, -0.2) is 31.5 Å². The molecule has 0 spiro atoms. The van der Waals surface area contributed by atoms with Gasteiger partial charge in [0.25, 0.3) is 0 Å². The second kappa shape index (κ2) is 6.98. The fourth-order valence-electron chi connectivity index (χ4n) is 2.19. The SMILES string of the molecule is COc1cc(NC(C)c2nc(C(C)(C)C)no2)cc(OC)c1OC. The van der Waals surface area contributed by atoms with Crippen LogP contribution in [0.5, 0.6) is 17.2 Å². The van der Waals surface area contributed by atoms with Gasteiger partial charge >= 0.3 is 0 Å². The van der Waals surface area contributed by atoms with Crippen molar-refractivity contribution >= 4 is 5.69 Å². The first-order valence-corrected chi connectivity index (χ1v) is 7.70. The average molecular weight is 335 g/mol. The summed E-state index contributed by atoms with van der Waals surface area (Å²) in [6.07, 6.45) is 0. The lowest BCUT2D eigenvalue weighted by molar-refractivity contribution is 0.324. The van der Waals surface area contributed by atoms with Gasteiger partial charge in [0.1, 0.15) is 6.04 Å². The van der Waals surface area contributed by atoms with Crippen molar-refractivity contribution < 1.29 is 18.7 Å². The van der Waals surface area contributed by atoms with Crippen molar-refractivity contribution in [2.75, 3.05) is 26.6 Å². The molecule has 0 aliphatic carbocycles. The van der Waals surface area contributed by atoms with Gasteiger partial charge in [0.15, 0.2) is 17.3 Å². The Bertz CT molecular complexity index is 666. The van der Waals surface area contributed by atoms with Crippen LogP contribution in [-0.2, 0) is 5.41 Å². The van der Waals surface area contributed by atoms with Gasteiger partial charge in [0, 0.05) is 23.2 Å². The molecular formula is C17H25N3O4. The number of nitrogens with zero attached hydrogens (tertiary/aromatic N) is 2. The molecule has 1 N–H and O–H groups in total. The normalized spacial score (nSPS) is 12.6. The minimum atomic E-state index is -0.170. The molecule has 0 fully saturated rings. The highest BCUT2D eigenvalue weighted by Crippen LogP contribution is 2.40. The Kier molecular flexibility index (Phi) is 5.21. The molecule has 1 atom stereocenters. The van der Waals surface area contributed by atoms with Crippen molar-refractivity contribution in [3.63, 3.8) is 0 Å². The Hall–Kier alpha value is -2.44. The van der Waals surface area contributed by atoms with Crippen LogP contribution in [0.25, 0.3) is 0 Å². The van der Waals surface area contributed by atoms with Gasteiger partial charge in [-0.3, -0.25) is 0 Å². The fraction of sp³-hybridized carbons (Fsp3) is 0.529. The van der Waals surface area contributed by atoms with Crippen molar-refractivity contribution in [3.8, 4) is 17.2 Å². The summed E-state index contributed by atoms with van der Waals surface area (Å²) in [7, 11) is 4.73. The van der Waals surface area contributed by atoms with Crippen LogP contribution in [0.15, 0.2) is 16.7 Å². The topological polar surface area (TPSA) is 78.6 Å². The summed E-state index contributed by atoms with van der Waals surface area (Å²) in [5.41, 5.74) is 0.640. The molecule has 0 bridgehead atoms. The van der Waals surface area contributed by atoms with Gasteiger partial charge in [0.2, 0.25) is 11.6 Å². The van der Waals surface area contributed by atoms with E-state index in [2.05, 4.69) is 15.5 Å². The van der Waals surface area contributed by atoms with Gasteiger partial charge in [-0.25, -0.2) is 0 Å². The second-order valence-electron chi connectivity index (χ2n) is 6.49. The highest BCUT2D eigenvalue weighted by molar-refractivity contribution is 5.62. The molecule has 7 heteroatoms. The third kappa shape index (κ3) is 3.72. The van der Waals surface area contributed by atoms with E-state index in [0.29, 0.717) is 29.0 Å². The Morgan fingerprint density at radius 1 is 1.04 bits per heavy atom. The zero-order chi connectivity index (χ0) is 17.9. The van der Waals surface area contributed by atoms with Gasteiger partial charge in [-0.2, -0.15) is 4.98 Å². The Morgan fingerprint density at radius 3 is 2.04 bits per heavy atom. The van der Waals surface area contributed by atoms with Gasteiger partial charge in [-0.05, 0) is 6.92 Å². The third-order valence-electron chi connectivity index (χ3n) is 3.53. The Labute approximate surface area is 142 Å². The number of aromatic nitrogens is 2. The summed E-state index contributed by atoms with van der Waals surface area (Å²) in [6.45, 7) is 8.07. The first kappa shape index (κ1) is 17.9. The molecule has 1 unspecified atom stereocenters. The molecule has 132 valence electrons. The quantitative estimate of drug-likeness (QED) is 0.864. The predicted molar refractivity (Wildman–Crippen MR) is 91.1 cm³/mol. The van der Waals surface area contributed by atoms with Crippen LogP contribution >= 0.6 is 0 Å². The smallest absolute Gasteiger partial charge is 0.248 e. The lowest BCUT2D eigenvalue weighted by Crippen LogP contribution is -2.14. The molecule has 0 saturated heterocycles. The van der Waals surface area contributed by atoms with E-state index in [9.17, 15) is 0 Å². The molecule has 0 saturated carbocycles. The van der Waals surface area contributed by atoms with Crippen molar-refractivity contribution in [2.45, 2.75) is 39.2 Å². The van der Waals surface area contributed by atoms with Crippen LogP contribution in [0.3, 0.4) is 0 Å². The molecule has 7 nitrogen and oxygen atoms in total. The molecule has 1 heterocycles. The number of rotatable bonds is 6. The Morgan fingerprint density at radius 2 is 1.62 bits per heavy atom. The maximum absolute atomic E-state index is 5.37. The zero-order valence-corrected chi connectivity index (χ0v) is 15.3. The first-order chi connectivity index (χ1) is 11.3. The molecule has 0 aliphatic heterocycles. The Balaban J connectivity index is 2.25. The number of nitrogens with one attached hydrogen (secondary N) is 1. The number of benzene rings is 1. The van der Waals surface area contributed by atoms with E-state index in [-0.39, 0.29) is 11.5 Å². The van der Waals surface area contributed by atoms with Gasteiger partial charge in [0.05, 0.1) is 21.3 Å².